The van der Waals surface area contributed by atoms with E-state index in [9.17, 15) is 4.79 Å². The van der Waals surface area contributed by atoms with Crippen LogP contribution in [0, 0.1) is 18.8 Å². The third-order valence-corrected chi connectivity index (χ3v) is 3.06. The van der Waals surface area contributed by atoms with Crippen molar-refractivity contribution in [2.75, 3.05) is 6.54 Å². The predicted molar refractivity (Wildman–Crippen MR) is 84.7 cm³/mol. The molecule has 0 fully saturated rings. The average molecular weight is 278 g/mol. The Labute approximate surface area is 125 Å². The van der Waals surface area contributed by atoms with Crippen molar-refractivity contribution in [1.82, 2.24) is 5.32 Å². The largest absolute Gasteiger partial charge is 0.348 e. The second-order valence-electron chi connectivity index (χ2n) is 4.75. The summed E-state index contributed by atoms with van der Waals surface area (Å²) in [5.74, 6) is 5.71. The lowest BCUT2D eigenvalue weighted by Crippen LogP contribution is -2.22. The van der Waals surface area contributed by atoms with E-state index in [0.717, 1.165) is 16.7 Å². The Hall–Kier alpha value is -2.57. The summed E-state index contributed by atoms with van der Waals surface area (Å²) in [5.41, 5.74) is 9.10. The highest BCUT2D eigenvalue weighted by atomic mass is 16.1. The first-order valence-electron chi connectivity index (χ1n) is 6.82. The Morgan fingerprint density at radius 2 is 1.76 bits per heavy atom. The third kappa shape index (κ3) is 4.48. The van der Waals surface area contributed by atoms with Crippen molar-refractivity contribution in [3.63, 3.8) is 0 Å². The van der Waals surface area contributed by atoms with Crippen molar-refractivity contribution < 1.29 is 4.79 Å². The fourth-order valence-corrected chi connectivity index (χ4v) is 1.85. The number of benzene rings is 2. The van der Waals surface area contributed by atoms with Crippen molar-refractivity contribution in [2.45, 2.75) is 13.5 Å². The highest BCUT2D eigenvalue weighted by molar-refractivity contribution is 5.94. The molecule has 0 saturated heterocycles. The minimum Gasteiger partial charge on any atom is -0.348 e. The van der Waals surface area contributed by atoms with E-state index in [0.29, 0.717) is 18.7 Å². The van der Waals surface area contributed by atoms with Gasteiger partial charge in [0, 0.05) is 17.7 Å². The lowest BCUT2D eigenvalue weighted by atomic mass is 10.1. The van der Waals surface area contributed by atoms with Crippen LogP contribution in [0.4, 0.5) is 0 Å². The first-order chi connectivity index (χ1) is 10.2. The van der Waals surface area contributed by atoms with Gasteiger partial charge in [0.1, 0.15) is 0 Å². The second kappa shape index (κ2) is 7.28. The van der Waals surface area contributed by atoms with Gasteiger partial charge in [-0.25, -0.2) is 0 Å². The fourth-order valence-electron chi connectivity index (χ4n) is 1.85. The van der Waals surface area contributed by atoms with Crippen molar-refractivity contribution in [1.29, 1.82) is 0 Å². The molecule has 0 aliphatic heterocycles. The van der Waals surface area contributed by atoms with E-state index >= 15 is 0 Å². The van der Waals surface area contributed by atoms with Crippen molar-refractivity contribution in [3.05, 3.63) is 70.8 Å². The molecule has 0 atom stereocenters. The van der Waals surface area contributed by atoms with Crippen LogP contribution in [0.1, 0.15) is 27.0 Å². The number of aryl methyl sites for hydroxylation is 1. The van der Waals surface area contributed by atoms with Gasteiger partial charge in [0.25, 0.3) is 5.91 Å². The molecule has 0 spiro atoms. The van der Waals surface area contributed by atoms with Crippen LogP contribution in [0.25, 0.3) is 0 Å². The normalized spacial score (nSPS) is 9.62. The molecule has 3 heteroatoms. The fraction of sp³-hybridized carbons (Fsp3) is 0.167. The zero-order valence-corrected chi connectivity index (χ0v) is 12.0. The molecule has 106 valence electrons. The van der Waals surface area contributed by atoms with Crippen LogP contribution < -0.4 is 11.1 Å². The van der Waals surface area contributed by atoms with Gasteiger partial charge in [0.05, 0.1) is 6.54 Å². The van der Waals surface area contributed by atoms with Gasteiger partial charge >= 0.3 is 0 Å². The Morgan fingerprint density at radius 3 is 2.38 bits per heavy atom. The zero-order chi connectivity index (χ0) is 15.1. The van der Waals surface area contributed by atoms with E-state index in [-0.39, 0.29) is 5.91 Å². The monoisotopic (exact) mass is 278 g/mol. The molecule has 0 saturated carbocycles. The number of amides is 1. The van der Waals surface area contributed by atoms with E-state index < -0.39 is 0 Å². The van der Waals surface area contributed by atoms with Crippen LogP contribution in [-0.4, -0.2) is 12.5 Å². The summed E-state index contributed by atoms with van der Waals surface area (Å²) < 4.78 is 0. The molecule has 2 rings (SSSR count). The molecule has 0 aliphatic carbocycles. The maximum Gasteiger partial charge on any atom is 0.251 e. The number of hydrogen-bond donors (Lipinski definition) is 2. The van der Waals surface area contributed by atoms with E-state index in [1.54, 1.807) is 0 Å². The maximum absolute atomic E-state index is 12.0. The van der Waals surface area contributed by atoms with Gasteiger partial charge in [-0.15, -0.1) is 0 Å². The van der Waals surface area contributed by atoms with E-state index in [4.69, 9.17) is 5.73 Å². The SMILES string of the molecule is Cc1ccc(C(=O)NCc2ccc(C#CCN)cc2)cc1. The van der Waals surface area contributed by atoms with E-state index in [1.807, 2.05) is 55.5 Å². The minimum atomic E-state index is -0.0676. The van der Waals surface area contributed by atoms with Crippen LogP contribution in [0.2, 0.25) is 0 Å². The molecule has 3 nitrogen and oxygen atoms in total. The van der Waals surface area contributed by atoms with Crippen molar-refractivity contribution in [2.24, 2.45) is 5.73 Å². The molecular formula is C18H18N2O. The van der Waals surface area contributed by atoms with Gasteiger partial charge in [-0.2, -0.15) is 0 Å². The smallest absolute Gasteiger partial charge is 0.251 e. The Morgan fingerprint density at radius 1 is 1.10 bits per heavy atom. The first-order valence-corrected chi connectivity index (χ1v) is 6.82. The summed E-state index contributed by atoms with van der Waals surface area (Å²) in [6.07, 6.45) is 0. The number of nitrogens with two attached hydrogens (primary N) is 1. The van der Waals surface area contributed by atoms with Crippen LogP contribution in [0.3, 0.4) is 0 Å². The van der Waals surface area contributed by atoms with Gasteiger partial charge in [-0.1, -0.05) is 41.7 Å². The first kappa shape index (κ1) is 14.8. The summed E-state index contributed by atoms with van der Waals surface area (Å²) in [6.45, 7) is 2.85. The standard InChI is InChI=1S/C18H18N2O/c1-14-4-10-17(11-5-14)18(21)20-13-16-8-6-15(7-9-16)3-2-12-19/h4-11H,12-13,19H2,1H3,(H,20,21). The van der Waals surface area contributed by atoms with Gasteiger partial charge < -0.3 is 11.1 Å². The van der Waals surface area contributed by atoms with E-state index in [1.165, 1.54) is 0 Å². The zero-order valence-electron chi connectivity index (χ0n) is 12.0. The molecule has 0 heterocycles. The molecule has 0 aromatic heterocycles. The number of carbonyl (C=O) groups is 1. The topological polar surface area (TPSA) is 55.1 Å². The Bertz CT molecular complexity index is 661. The number of rotatable bonds is 3. The van der Waals surface area contributed by atoms with Crippen LogP contribution in [-0.2, 0) is 6.54 Å². The minimum absolute atomic E-state index is 0.0676. The number of hydrogen-bond acceptors (Lipinski definition) is 2. The summed E-state index contributed by atoms with van der Waals surface area (Å²) in [6, 6.07) is 15.3. The third-order valence-electron chi connectivity index (χ3n) is 3.06. The molecule has 0 unspecified atom stereocenters. The average Bonchev–Trinajstić information content (AvgIpc) is 2.52. The molecular weight excluding hydrogens is 260 g/mol. The molecule has 2 aromatic carbocycles. The number of nitrogens with one attached hydrogen (secondary N) is 1. The quantitative estimate of drug-likeness (QED) is 0.846. The molecule has 1 amide bonds. The van der Waals surface area contributed by atoms with Crippen molar-refractivity contribution >= 4 is 5.91 Å². The summed E-state index contributed by atoms with van der Waals surface area (Å²) >= 11 is 0. The summed E-state index contributed by atoms with van der Waals surface area (Å²) in [4.78, 5) is 12.0. The maximum atomic E-state index is 12.0. The Kier molecular flexibility index (Phi) is 5.14. The molecule has 0 aliphatic rings. The molecule has 3 N–H and O–H groups in total. The molecule has 2 aromatic rings. The van der Waals surface area contributed by atoms with Crippen LogP contribution >= 0.6 is 0 Å². The predicted octanol–water partition coefficient (Wildman–Crippen LogP) is 2.24. The van der Waals surface area contributed by atoms with Gasteiger partial charge in [0.2, 0.25) is 0 Å². The van der Waals surface area contributed by atoms with Gasteiger partial charge in [-0.05, 0) is 36.8 Å². The van der Waals surface area contributed by atoms with E-state index in [2.05, 4.69) is 17.2 Å². The Balaban J connectivity index is 1.93. The number of carbonyl (C=O) groups excluding carboxylic acids is 1. The summed E-state index contributed by atoms with van der Waals surface area (Å²) in [7, 11) is 0. The second-order valence-corrected chi connectivity index (χ2v) is 4.75. The van der Waals surface area contributed by atoms with Crippen LogP contribution in [0.5, 0.6) is 0 Å². The highest BCUT2D eigenvalue weighted by Gasteiger charge is 2.04. The lowest BCUT2D eigenvalue weighted by molar-refractivity contribution is 0.0951. The van der Waals surface area contributed by atoms with Crippen molar-refractivity contribution in [3.8, 4) is 11.8 Å². The molecule has 21 heavy (non-hydrogen) atoms. The molecule has 0 bridgehead atoms. The lowest BCUT2D eigenvalue weighted by Gasteiger charge is -2.06. The van der Waals surface area contributed by atoms with Gasteiger partial charge in [0.15, 0.2) is 0 Å². The molecule has 0 radical (unpaired) electrons. The van der Waals surface area contributed by atoms with Gasteiger partial charge in [-0.3, -0.25) is 4.79 Å². The highest BCUT2D eigenvalue weighted by Crippen LogP contribution is 2.05. The summed E-state index contributed by atoms with van der Waals surface area (Å²) in [5, 5.41) is 2.90. The van der Waals surface area contributed by atoms with Crippen LogP contribution in [0.15, 0.2) is 48.5 Å².